The molecule has 1 aliphatic carbocycles. The van der Waals surface area contributed by atoms with Gasteiger partial charge in [-0.05, 0) is 57.1 Å². The van der Waals surface area contributed by atoms with E-state index in [0.717, 1.165) is 41.6 Å². The van der Waals surface area contributed by atoms with Gasteiger partial charge in [0.15, 0.2) is 0 Å². The average molecular weight is 262 g/mol. The van der Waals surface area contributed by atoms with E-state index in [1.54, 1.807) is 6.92 Å². The SMILES string of the molecule is Cc1ccc(OC2CC(C)CC(C)C2)c([C@@H](C)O)c1. The van der Waals surface area contributed by atoms with Crippen molar-refractivity contribution in [3.63, 3.8) is 0 Å². The van der Waals surface area contributed by atoms with E-state index < -0.39 is 6.10 Å². The molecule has 1 saturated carbocycles. The zero-order chi connectivity index (χ0) is 14.0. The number of benzene rings is 1. The molecule has 1 aromatic carbocycles. The highest BCUT2D eigenvalue weighted by atomic mass is 16.5. The summed E-state index contributed by atoms with van der Waals surface area (Å²) in [5, 5.41) is 9.88. The number of aryl methyl sites for hydroxylation is 1. The van der Waals surface area contributed by atoms with Gasteiger partial charge in [-0.1, -0.05) is 25.5 Å². The maximum Gasteiger partial charge on any atom is 0.125 e. The molecule has 2 heteroatoms. The average Bonchev–Trinajstić information content (AvgIpc) is 2.30. The van der Waals surface area contributed by atoms with Gasteiger partial charge >= 0.3 is 0 Å². The molecule has 106 valence electrons. The summed E-state index contributed by atoms with van der Waals surface area (Å²) in [6, 6.07) is 6.08. The number of aliphatic hydroxyl groups is 1. The molecular formula is C17H26O2. The first-order valence-corrected chi connectivity index (χ1v) is 7.41. The van der Waals surface area contributed by atoms with Gasteiger partial charge in [0, 0.05) is 5.56 Å². The Morgan fingerprint density at radius 1 is 1.16 bits per heavy atom. The van der Waals surface area contributed by atoms with Crippen LogP contribution in [0.4, 0.5) is 0 Å². The van der Waals surface area contributed by atoms with Crippen LogP contribution in [0, 0.1) is 18.8 Å². The van der Waals surface area contributed by atoms with E-state index in [2.05, 4.69) is 19.9 Å². The summed E-state index contributed by atoms with van der Waals surface area (Å²) >= 11 is 0. The van der Waals surface area contributed by atoms with Gasteiger partial charge < -0.3 is 9.84 Å². The fraction of sp³-hybridized carbons (Fsp3) is 0.647. The molecule has 2 unspecified atom stereocenters. The predicted octanol–water partition coefficient (Wildman–Crippen LogP) is 4.25. The van der Waals surface area contributed by atoms with Crippen LogP contribution in [0.3, 0.4) is 0 Å². The van der Waals surface area contributed by atoms with Crippen LogP contribution in [0.5, 0.6) is 5.75 Å². The Labute approximate surface area is 116 Å². The van der Waals surface area contributed by atoms with Crippen LogP contribution >= 0.6 is 0 Å². The van der Waals surface area contributed by atoms with Crippen molar-refractivity contribution in [3.8, 4) is 5.75 Å². The Morgan fingerprint density at radius 2 is 1.79 bits per heavy atom. The van der Waals surface area contributed by atoms with Crippen molar-refractivity contribution in [2.24, 2.45) is 11.8 Å². The van der Waals surface area contributed by atoms with Gasteiger partial charge in [-0.2, -0.15) is 0 Å². The van der Waals surface area contributed by atoms with Crippen molar-refractivity contribution in [2.75, 3.05) is 0 Å². The number of ether oxygens (including phenoxy) is 1. The molecule has 1 aromatic rings. The molecule has 19 heavy (non-hydrogen) atoms. The van der Waals surface area contributed by atoms with Gasteiger partial charge in [0.05, 0.1) is 12.2 Å². The topological polar surface area (TPSA) is 29.5 Å². The van der Waals surface area contributed by atoms with Gasteiger partial charge in [-0.3, -0.25) is 0 Å². The smallest absolute Gasteiger partial charge is 0.125 e. The monoisotopic (exact) mass is 262 g/mol. The minimum absolute atomic E-state index is 0.291. The Kier molecular flexibility index (Phi) is 4.51. The van der Waals surface area contributed by atoms with Crippen molar-refractivity contribution in [2.45, 2.75) is 59.2 Å². The molecule has 2 nitrogen and oxygen atoms in total. The van der Waals surface area contributed by atoms with Crippen molar-refractivity contribution < 1.29 is 9.84 Å². The van der Waals surface area contributed by atoms with Gasteiger partial charge in [-0.25, -0.2) is 0 Å². The van der Waals surface area contributed by atoms with Crippen LogP contribution in [0.25, 0.3) is 0 Å². The van der Waals surface area contributed by atoms with Crippen LogP contribution < -0.4 is 4.74 Å². The lowest BCUT2D eigenvalue weighted by Crippen LogP contribution is -2.28. The normalized spacial score (nSPS) is 29.0. The van der Waals surface area contributed by atoms with E-state index in [0.29, 0.717) is 6.10 Å². The van der Waals surface area contributed by atoms with Crippen LogP contribution in [0.1, 0.15) is 57.3 Å². The fourth-order valence-electron chi connectivity index (χ4n) is 3.25. The second kappa shape index (κ2) is 5.96. The Bertz CT molecular complexity index is 415. The minimum atomic E-state index is -0.478. The maximum atomic E-state index is 9.88. The molecular weight excluding hydrogens is 236 g/mol. The van der Waals surface area contributed by atoms with Gasteiger partial charge in [0.1, 0.15) is 5.75 Å². The Balaban J connectivity index is 2.14. The molecule has 0 aromatic heterocycles. The first-order valence-electron chi connectivity index (χ1n) is 7.41. The second-order valence-electron chi connectivity index (χ2n) is 6.37. The lowest BCUT2D eigenvalue weighted by Gasteiger charge is -2.32. The summed E-state index contributed by atoms with van der Waals surface area (Å²) in [5.41, 5.74) is 2.07. The highest BCUT2D eigenvalue weighted by Crippen LogP contribution is 2.34. The first kappa shape index (κ1) is 14.4. The summed E-state index contributed by atoms with van der Waals surface area (Å²) < 4.78 is 6.18. The fourth-order valence-corrected chi connectivity index (χ4v) is 3.25. The quantitative estimate of drug-likeness (QED) is 0.882. The van der Waals surface area contributed by atoms with Gasteiger partial charge in [-0.15, -0.1) is 0 Å². The number of hydrogen-bond donors (Lipinski definition) is 1. The minimum Gasteiger partial charge on any atom is -0.490 e. The molecule has 1 fully saturated rings. The van der Waals surface area contributed by atoms with Gasteiger partial charge in [0.25, 0.3) is 0 Å². The summed E-state index contributed by atoms with van der Waals surface area (Å²) in [6.07, 6.45) is 3.36. The van der Waals surface area contributed by atoms with E-state index in [4.69, 9.17) is 4.74 Å². The third-order valence-electron chi connectivity index (χ3n) is 4.04. The molecule has 0 heterocycles. The molecule has 1 aliphatic rings. The standard InChI is InChI=1S/C17H26O2/c1-11-5-6-17(16(10-11)14(4)18)19-15-8-12(2)7-13(3)9-15/h5-6,10,12-15,18H,7-9H2,1-4H3/t12?,13?,14-,15?/m1/s1. The Morgan fingerprint density at radius 3 is 2.37 bits per heavy atom. The van der Waals surface area contributed by atoms with Gasteiger partial charge in [0.2, 0.25) is 0 Å². The van der Waals surface area contributed by atoms with E-state index in [1.165, 1.54) is 6.42 Å². The zero-order valence-corrected chi connectivity index (χ0v) is 12.5. The number of hydrogen-bond acceptors (Lipinski definition) is 2. The molecule has 3 atom stereocenters. The van der Waals surface area contributed by atoms with Crippen molar-refractivity contribution in [1.82, 2.24) is 0 Å². The molecule has 0 aliphatic heterocycles. The number of aliphatic hydroxyl groups excluding tert-OH is 1. The van der Waals surface area contributed by atoms with Crippen LogP contribution in [-0.4, -0.2) is 11.2 Å². The maximum absolute atomic E-state index is 9.88. The van der Waals surface area contributed by atoms with E-state index >= 15 is 0 Å². The lowest BCUT2D eigenvalue weighted by molar-refractivity contribution is 0.0959. The van der Waals surface area contributed by atoms with Crippen LogP contribution in [-0.2, 0) is 0 Å². The zero-order valence-electron chi connectivity index (χ0n) is 12.5. The number of rotatable bonds is 3. The predicted molar refractivity (Wildman–Crippen MR) is 78.4 cm³/mol. The molecule has 0 spiro atoms. The Hall–Kier alpha value is -1.02. The molecule has 2 rings (SSSR count). The molecule has 0 amide bonds. The van der Waals surface area contributed by atoms with Crippen molar-refractivity contribution in [3.05, 3.63) is 29.3 Å². The second-order valence-corrected chi connectivity index (χ2v) is 6.37. The molecule has 0 bridgehead atoms. The molecule has 0 radical (unpaired) electrons. The lowest BCUT2D eigenvalue weighted by atomic mass is 9.82. The summed E-state index contributed by atoms with van der Waals surface area (Å²) in [7, 11) is 0. The summed E-state index contributed by atoms with van der Waals surface area (Å²) in [5.74, 6) is 2.32. The van der Waals surface area contributed by atoms with E-state index in [9.17, 15) is 5.11 Å². The molecule has 1 N–H and O–H groups in total. The highest BCUT2D eigenvalue weighted by molar-refractivity contribution is 5.38. The highest BCUT2D eigenvalue weighted by Gasteiger charge is 2.26. The van der Waals surface area contributed by atoms with Crippen LogP contribution in [0.2, 0.25) is 0 Å². The van der Waals surface area contributed by atoms with E-state index in [1.807, 2.05) is 19.1 Å². The molecule has 0 saturated heterocycles. The van der Waals surface area contributed by atoms with Crippen molar-refractivity contribution in [1.29, 1.82) is 0 Å². The summed E-state index contributed by atoms with van der Waals surface area (Å²) in [6.45, 7) is 8.45. The largest absolute Gasteiger partial charge is 0.490 e. The summed E-state index contributed by atoms with van der Waals surface area (Å²) in [4.78, 5) is 0. The van der Waals surface area contributed by atoms with E-state index in [-0.39, 0.29) is 0 Å². The van der Waals surface area contributed by atoms with Crippen LogP contribution in [0.15, 0.2) is 18.2 Å². The van der Waals surface area contributed by atoms with Crippen molar-refractivity contribution >= 4 is 0 Å². The third kappa shape index (κ3) is 3.73. The third-order valence-corrected chi connectivity index (χ3v) is 4.04. The first-order chi connectivity index (χ1) is 8.95.